The van der Waals surface area contributed by atoms with Crippen molar-refractivity contribution in [2.24, 2.45) is 11.3 Å². The second-order valence-electron chi connectivity index (χ2n) is 6.12. The van der Waals surface area contributed by atoms with Gasteiger partial charge in [0.25, 0.3) is 0 Å². The van der Waals surface area contributed by atoms with Crippen molar-refractivity contribution in [1.82, 2.24) is 10.2 Å². The molecule has 92 valence electrons. The smallest absolute Gasteiger partial charge is 0.409 e. The molecule has 1 amide bonds. The van der Waals surface area contributed by atoms with Gasteiger partial charge in [0.2, 0.25) is 0 Å². The van der Waals surface area contributed by atoms with Gasteiger partial charge in [-0.05, 0) is 24.3 Å². The molecule has 0 spiro atoms. The molecule has 0 unspecified atom stereocenters. The van der Waals surface area contributed by atoms with E-state index >= 15 is 0 Å². The number of ether oxygens (including phenoxy) is 1. The molecule has 4 nitrogen and oxygen atoms in total. The van der Waals surface area contributed by atoms with Gasteiger partial charge in [-0.25, -0.2) is 4.79 Å². The van der Waals surface area contributed by atoms with E-state index in [4.69, 9.17) is 4.74 Å². The van der Waals surface area contributed by atoms with Gasteiger partial charge >= 0.3 is 6.09 Å². The maximum absolute atomic E-state index is 11.8. The Morgan fingerprint density at radius 1 is 1.50 bits per heavy atom. The van der Waals surface area contributed by atoms with Crippen molar-refractivity contribution in [3.05, 3.63) is 0 Å². The van der Waals surface area contributed by atoms with E-state index in [1.54, 1.807) is 0 Å². The highest BCUT2D eigenvalue weighted by atomic mass is 16.6. The zero-order chi connectivity index (χ0) is 11.8. The third-order valence-corrected chi connectivity index (χ3v) is 3.29. The first kappa shape index (κ1) is 11.7. The Labute approximate surface area is 97.3 Å². The Kier molecular flexibility index (Phi) is 3.10. The van der Waals surface area contributed by atoms with Crippen LogP contribution in [0.2, 0.25) is 0 Å². The number of rotatable bonds is 1. The maximum Gasteiger partial charge on any atom is 0.409 e. The van der Waals surface area contributed by atoms with Gasteiger partial charge in [0.1, 0.15) is 0 Å². The van der Waals surface area contributed by atoms with Crippen LogP contribution >= 0.6 is 0 Å². The zero-order valence-electron chi connectivity index (χ0n) is 10.5. The van der Waals surface area contributed by atoms with Crippen molar-refractivity contribution in [2.45, 2.75) is 33.2 Å². The molecule has 4 heteroatoms. The van der Waals surface area contributed by atoms with Crippen molar-refractivity contribution < 1.29 is 9.53 Å². The molecule has 2 rings (SSSR count). The van der Waals surface area contributed by atoms with E-state index in [2.05, 4.69) is 26.1 Å². The number of amides is 1. The summed E-state index contributed by atoms with van der Waals surface area (Å²) in [6, 6.07) is 0.510. The van der Waals surface area contributed by atoms with Gasteiger partial charge < -0.3 is 15.0 Å². The summed E-state index contributed by atoms with van der Waals surface area (Å²) >= 11 is 0. The fraction of sp³-hybridized carbons (Fsp3) is 0.917. The number of carbonyl (C=O) groups excluding carboxylic acids is 1. The summed E-state index contributed by atoms with van der Waals surface area (Å²) in [5.41, 5.74) is 0.0443. The first-order valence-corrected chi connectivity index (χ1v) is 6.11. The van der Waals surface area contributed by atoms with Crippen LogP contribution in [0.5, 0.6) is 0 Å². The van der Waals surface area contributed by atoms with Crippen molar-refractivity contribution in [3.63, 3.8) is 0 Å². The topological polar surface area (TPSA) is 41.6 Å². The van der Waals surface area contributed by atoms with Gasteiger partial charge in [0, 0.05) is 19.1 Å². The Bertz CT molecular complexity index is 273. The summed E-state index contributed by atoms with van der Waals surface area (Å²) in [6.07, 6.45) is 0.963. The molecule has 1 N–H and O–H groups in total. The highest BCUT2D eigenvalue weighted by Gasteiger charge is 2.37. The van der Waals surface area contributed by atoms with Crippen molar-refractivity contribution in [2.75, 3.05) is 26.2 Å². The molecule has 2 saturated heterocycles. The van der Waals surface area contributed by atoms with E-state index in [0.717, 1.165) is 32.0 Å². The van der Waals surface area contributed by atoms with Crippen molar-refractivity contribution >= 4 is 6.09 Å². The number of nitrogens with zero attached hydrogens (tertiary/aromatic N) is 1. The van der Waals surface area contributed by atoms with E-state index in [1.807, 2.05) is 4.90 Å². The van der Waals surface area contributed by atoms with Crippen LogP contribution in [-0.4, -0.2) is 43.3 Å². The first-order valence-electron chi connectivity index (χ1n) is 6.11. The maximum atomic E-state index is 11.8. The minimum absolute atomic E-state index is 0.0443. The molecule has 2 fully saturated rings. The third kappa shape index (κ3) is 2.67. The van der Waals surface area contributed by atoms with E-state index in [9.17, 15) is 4.79 Å². The Morgan fingerprint density at radius 3 is 2.75 bits per heavy atom. The molecule has 2 aliphatic heterocycles. The van der Waals surface area contributed by atoms with Crippen LogP contribution in [0.4, 0.5) is 4.79 Å². The molecule has 0 saturated carbocycles. The highest BCUT2D eigenvalue weighted by Crippen LogP contribution is 2.24. The summed E-state index contributed by atoms with van der Waals surface area (Å²) < 4.78 is 5.31. The van der Waals surface area contributed by atoms with Crippen molar-refractivity contribution in [1.29, 1.82) is 0 Å². The molecule has 16 heavy (non-hydrogen) atoms. The van der Waals surface area contributed by atoms with Gasteiger partial charge in [0.05, 0.1) is 6.61 Å². The number of hydrogen-bond acceptors (Lipinski definition) is 3. The number of nitrogens with one attached hydrogen (secondary N) is 1. The van der Waals surface area contributed by atoms with Gasteiger partial charge in [-0.15, -0.1) is 0 Å². The molecule has 2 heterocycles. The van der Waals surface area contributed by atoms with Crippen LogP contribution in [0, 0.1) is 11.3 Å². The predicted octanol–water partition coefficient (Wildman–Crippen LogP) is 1.46. The lowest BCUT2D eigenvalue weighted by Crippen LogP contribution is -2.62. The second kappa shape index (κ2) is 4.24. The third-order valence-electron chi connectivity index (χ3n) is 3.29. The average molecular weight is 226 g/mol. The van der Waals surface area contributed by atoms with Crippen LogP contribution < -0.4 is 5.32 Å². The van der Waals surface area contributed by atoms with Crippen LogP contribution in [0.15, 0.2) is 0 Å². The molecule has 0 radical (unpaired) electrons. The average Bonchev–Trinajstić information content (AvgIpc) is 2.15. The lowest BCUT2D eigenvalue weighted by Gasteiger charge is -2.45. The van der Waals surface area contributed by atoms with Crippen LogP contribution in [-0.2, 0) is 4.74 Å². The molecule has 0 aromatic heterocycles. The van der Waals surface area contributed by atoms with Gasteiger partial charge in [-0.3, -0.25) is 0 Å². The van der Waals surface area contributed by atoms with E-state index in [1.165, 1.54) is 0 Å². The van der Waals surface area contributed by atoms with Gasteiger partial charge in [-0.2, -0.15) is 0 Å². The first-order chi connectivity index (χ1) is 7.46. The Balaban J connectivity index is 1.77. The molecular weight excluding hydrogens is 204 g/mol. The number of likely N-dealkylation sites (tertiary alicyclic amines) is 1. The van der Waals surface area contributed by atoms with Crippen molar-refractivity contribution in [3.8, 4) is 0 Å². The number of carbonyl (C=O) groups is 1. The normalized spacial score (nSPS) is 29.3. The number of fused-ring (bicyclic) bond motifs is 1. The molecular formula is C12H22N2O2. The summed E-state index contributed by atoms with van der Waals surface area (Å²) in [6.45, 7) is 9.48. The second-order valence-corrected chi connectivity index (χ2v) is 6.12. The Hall–Kier alpha value is -0.770. The van der Waals surface area contributed by atoms with E-state index < -0.39 is 0 Å². The molecule has 0 aromatic rings. The molecule has 2 atom stereocenters. The largest absolute Gasteiger partial charge is 0.449 e. The molecule has 0 aromatic carbocycles. The number of hydrogen-bond donors (Lipinski definition) is 1. The predicted molar refractivity (Wildman–Crippen MR) is 62.3 cm³/mol. The van der Waals surface area contributed by atoms with Crippen LogP contribution in [0.25, 0.3) is 0 Å². The minimum atomic E-state index is -0.151. The van der Waals surface area contributed by atoms with E-state index in [0.29, 0.717) is 12.6 Å². The summed E-state index contributed by atoms with van der Waals surface area (Å²) in [4.78, 5) is 13.6. The highest BCUT2D eigenvalue weighted by molar-refractivity contribution is 5.67. The van der Waals surface area contributed by atoms with Crippen LogP contribution in [0.1, 0.15) is 27.2 Å². The molecule has 2 aliphatic rings. The minimum Gasteiger partial charge on any atom is -0.449 e. The lowest BCUT2D eigenvalue weighted by molar-refractivity contribution is 0.0400. The zero-order valence-corrected chi connectivity index (χ0v) is 10.5. The van der Waals surface area contributed by atoms with E-state index in [-0.39, 0.29) is 11.5 Å². The quantitative estimate of drug-likeness (QED) is 0.736. The monoisotopic (exact) mass is 226 g/mol. The molecule has 0 aliphatic carbocycles. The van der Waals surface area contributed by atoms with Gasteiger partial charge in [-0.1, -0.05) is 20.8 Å². The van der Waals surface area contributed by atoms with Crippen LogP contribution in [0.3, 0.4) is 0 Å². The fourth-order valence-electron chi connectivity index (χ4n) is 2.15. The summed E-state index contributed by atoms with van der Waals surface area (Å²) in [7, 11) is 0. The molecule has 0 bridgehead atoms. The Morgan fingerprint density at radius 2 is 2.25 bits per heavy atom. The lowest BCUT2D eigenvalue weighted by atomic mass is 9.85. The summed E-state index contributed by atoms with van der Waals surface area (Å²) in [5.74, 6) is 0.784. The summed E-state index contributed by atoms with van der Waals surface area (Å²) in [5, 5.41) is 3.36. The SMILES string of the molecule is CC(C)(C)COC(=O)N1CC[C@@H]2CN[C@H]2C1. The van der Waals surface area contributed by atoms with Gasteiger partial charge in [0.15, 0.2) is 0 Å². The number of piperidine rings is 1. The standard InChI is InChI=1S/C12H22N2O2/c1-12(2,3)8-16-11(15)14-5-4-9-6-13-10(9)7-14/h9-10,13H,4-8H2,1-3H3/t9-,10+/m1/s1. The fourth-order valence-corrected chi connectivity index (χ4v) is 2.15.